The Balaban J connectivity index is 1.51. The molecule has 1 aromatic carbocycles. The molecule has 0 atom stereocenters. The molecule has 1 saturated carbocycles. The highest BCUT2D eigenvalue weighted by Crippen LogP contribution is 2.28. The minimum Gasteiger partial charge on any atom is -0.339 e. The zero-order valence-electron chi connectivity index (χ0n) is 13.7. The fourth-order valence-electron chi connectivity index (χ4n) is 2.81. The van der Waals surface area contributed by atoms with Crippen molar-refractivity contribution in [3.63, 3.8) is 0 Å². The second-order valence-corrected chi connectivity index (χ2v) is 6.20. The molecule has 0 radical (unpaired) electrons. The molecule has 1 aliphatic carbocycles. The van der Waals surface area contributed by atoms with Gasteiger partial charge in [-0.05, 0) is 36.6 Å². The van der Waals surface area contributed by atoms with Crippen LogP contribution in [0.15, 0.2) is 53.3 Å². The fraction of sp³-hybridized carbons (Fsp3) is 0.263. The van der Waals surface area contributed by atoms with E-state index >= 15 is 0 Å². The summed E-state index contributed by atoms with van der Waals surface area (Å²) in [5.74, 6) is 1.29. The second kappa shape index (κ2) is 6.84. The van der Waals surface area contributed by atoms with E-state index in [1.54, 1.807) is 12.4 Å². The molecule has 4 rings (SSSR count). The molecule has 3 aromatic rings. The number of pyridine rings is 1. The first kappa shape index (κ1) is 15.5. The smallest absolute Gasteiger partial charge is 0.231 e. The van der Waals surface area contributed by atoms with Crippen molar-refractivity contribution in [1.82, 2.24) is 15.1 Å². The number of hydrogen-bond donors (Lipinski definition) is 1. The molecule has 6 nitrogen and oxygen atoms in total. The van der Waals surface area contributed by atoms with Crippen LogP contribution in [-0.2, 0) is 11.2 Å². The van der Waals surface area contributed by atoms with Gasteiger partial charge in [-0.15, -0.1) is 0 Å². The van der Waals surface area contributed by atoms with Crippen LogP contribution in [-0.4, -0.2) is 21.0 Å². The average molecular weight is 334 g/mol. The van der Waals surface area contributed by atoms with E-state index < -0.39 is 0 Å². The van der Waals surface area contributed by atoms with Gasteiger partial charge in [0, 0.05) is 29.6 Å². The molecule has 0 bridgehead atoms. The molecule has 2 heterocycles. The maximum Gasteiger partial charge on any atom is 0.231 e. The van der Waals surface area contributed by atoms with Crippen LogP contribution in [0.2, 0.25) is 0 Å². The van der Waals surface area contributed by atoms with Crippen LogP contribution in [0.25, 0.3) is 11.4 Å². The van der Waals surface area contributed by atoms with Gasteiger partial charge in [-0.3, -0.25) is 9.78 Å². The summed E-state index contributed by atoms with van der Waals surface area (Å²) in [5.41, 5.74) is 2.62. The molecule has 0 unspecified atom stereocenters. The van der Waals surface area contributed by atoms with Crippen LogP contribution in [0, 0.1) is 5.92 Å². The van der Waals surface area contributed by atoms with Gasteiger partial charge in [0.2, 0.25) is 17.6 Å². The average Bonchev–Trinajstić information content (AvgIpc) is 3.04. The highest BCUT2D eigenvalue weighted by atomic mass is 16.5. The van der Waals surface area contributed by atoms with Gasteiger partial charge in [-0.25, -0.2) is 0 Å². The molecule has 0 saturated heterocycles. The molecular formula is C19H18N4O2. The van der Waals surface area contributed by atoms with E-state index in [4.69, 9.17) is 4.52 Å². The molecule has 2 aromatic heterocycles. The van der Waals surface area contributed by atoms with E-state index in [1.807, 2.05) is 36.4 Å². The number of para-hydroxylation sites is 1. The Morgan fingerprint density at radius 3 is 2.72 bits per heavy atom. The zero-order chi connectivity index (χ0) is 17.1. The molecule has 0 spiro atoms. The summed E-state index contributed by atoms with van der Waals surface area (Å²) >= 11 is 0. The van der Waals surface area contributed by atoms with Crippen LogP contribution < -0.4 is 5.32 Å². The Bertz CT molecular complexity index is 872. The third-order valence-electron chi connectivity index (χ3n) is 4.50. The molecule has 126 valence electrons. The first-order valence-electron chi connectivity index (χ1n) is 8.41. The van der Waals surface area contributed by atoms with Crippen molar-refractivity contribution in [3.05, 3.63) is 60.2 Å². The lowest BCUT2D eigenvalue weighted by atomic mass is 9.84. The number of rotatable bonds is 5. The Morgan fingerprint density at radius 1 is 1.16 bits per heavy atom. The van der Waals surface area contributed by atoms with Gasteiger partial charge < -0.3 is 9.84 Å². The lowest BCUT2D eigenvalue weighted by Gasteiger charge is -2.24. The summed E-state index contributed by atoms with van der Waals surface area (Å²) in [7, 11) is 0. The third kappa shape index (κ3) is 3.42. The van der Waals surface area contributed by atoms with Gasteiger partial charge in [-0.2, -0.15) is 4.98 Å². The summed E-state index contributed by atoms with van der Waals surface area (Å²) in [5, 5.41) is 7.06. The van der Waals surface area contributed by atoms with Crippen molar-refractivity contribution >= 4 is 11.6 Å². The van der Waals surface area contributed by atoms with Crippen molar-refractivity contribution in [2.45, 2.75) is 25.7 Å². The summed E-state index contributed by atoms with van der Waals surface area (Å²) in [6, 6.07) is 11.4. The van der Waals surface area contributed by atoms with Crippen LogP contribution >= 0.6 is 0 Å². The number of nitrogens with zero attached hydrogens (tertiary/aromatic N) is 3. The molecule has 25 heavy (non-hydrogen) atoms. The number of anilines is 1. The largest absolute Gasteiger partial charge is 0.339 e. The monoisotopic (exact) mass is 334 g/mol. The number of hydrogen-bond acceptors (Lipinski definition) is 5. The number of nitrogens with one attached hydrogen (secondary N) is 1. The third-order valence-corrected chi connectivity index (χ3v) is 4.50. The van der Waals surface area contributed by atoms with E-state index in [2.05, 4.69) is 20.4 Å². The molecule has 1 aliphatic rings. The molecule has 1 N–H and O–H groups in total. The highest BCUT2D eigenvalue weighted by molar-refractivity contribution is 5.93. The lowest BCUT2D eigenvalue weighted by Crippen LogP contribution is -2.28. The Hall–Kier alpha value is -3.02. The van der Waals surface area contributed by atoms with E-state index in [1.165, 1.54) is 0 Å². The van der Waals surface area contributed by atoms with Crippen LogP contribution in [0.4, 0.5) is 5.69 Å². The van der Waals surface area contributed by atoms with E-state index in [0.717, 1.165) is 36.1 Å². The number of carbonyl (C=O) groups is 1. The maximum absolute atomic E-state index is 12.2. The molecule has 1 amide bonds. The quantitative estimate of drug-likeness (QED) is 0.773. The number of amides is 1. The Labute approximate surface area is 145 Å². The normalized spacial score (nSPS) is 14.1. The van der Waals surface area contributed by atoms with Crippen LogP contribution in [0.5, 0.6) is 0 Å². The molecule has 6 heteroatoms. The summed E-state index contributed by atoms with van der Waals surface area (Å²) in [4.78, 5) is 20.6. The minimum atomic E-state index is 0.0988. The zero-order valence-corrected chi connectivity index (χ0v) is 13.7. The van der Waals surface area contributed by atoms with Gasteiger partial charge in [0.25, 0.3) is 0 Å². The second-order valence-electron chi connectivity index (χ2n) is 6.20. The van der Waals surface area contributed by atoms with E-state index in [9.17, 15) is 4.79 Å². The Morgan fingerprint density at radius 2 is 1.96 bits per heavy atom. The van der Waals surface area contributed by atoms with E-state index in [0.29, 0.717) is 18.1 Å². The van der Waals surface area contributed by atoms with Crippen molar-refractivity contribution in [1.29, 1.82) is 0 Å². The first-order valence-corrected chi connectivity index (χ1v) is 8.41. The fourth-order valence-corrected chi connectivity index (χ4v) is 2.81. The van der Waals surface area contributed by atoms with Crippen molar-refractivity contribution in [2.75, 3.05) is 5.32 Å². The number of benzene rings is 1. The SMILES string of the molecule is O=C(Nc1ccccc1Cc1nc(-c2ccncc2)no1)C1CCC1. The molecule has 0 aliphatic heterocycles. The van der Waals surface area contributed by atoms with Gasteiger partial charge >= 0.3 is 0 Å². The number of aromatic nitrogens is 3. The van der Waals surface area contributed by atoms with Gasteiger partial charge in [-0.1, -0.05) is 29.8 Å². The molecular weight excluding hydrogens is 316 g/mol. The predicted octanol–water partition coefficient (Wildman–Crippen LogP) is 3.46. The van der Waals surface area contributed by atoms with Gasteiger partial charge in [0.05, 0.1) is 6.42 Å². The van der Waals surface area contributed by atoms with Gasteiger partial charge in [0.1, 0.15) is 0 Å². The lowest BCUT2D eigenvalue weighted by molar-refractivity contribution is -0.122. The van der Waals surface area contributed by atoms with Crippen molar-refractivity contribution in [3.8, 4) is 11.4 Å². The summed E-state index contributed by atoms with van der Waals surface area (Å²) < 4.78 is 5.37. The first-order chi connectivity index (χ1) is 12.3. The maximum atomic E-state index is 12.2. The van der Waals surface area contributed by atoms with Crippen molar-refractivity contribution in [2.24, 2.45) is 5.92 Å². The summed E-state index contributed by atoms with van der Waals surface area (Å²) in [6.07, 6.45) is 6.95. The van der Waals surface area contributed by atoms with Gasteiger partial charge in [0.15, 0.2) is 0 Å². The minimum absolute atomic E-state index is 0.0988. The summed E-state index contributed by atoms with van der Waals surface area (Å²) in [6.45, 7) is 0. The van der Waals surface area contributed by atoms with Crippen molar-refractivity contribution < 1.29 is 9.32 Å². The highest BCUT2D eigenvalue weighted by Gasteiger charge is 2.25. The molecule has 1 fully saturated rings. The van der Waals surface area contributed by atoms with Crippen LogP contribution in [0.3, 0.4) is 0 Å². The van der Waals surface area contributed by atoms with Crippen LogP contribution in [0.1, 0.15) is 30.7 Å². The van der Waals surface area contributed by atoms with E-state index in [-0.39, 0.29) is 11.8 Å². The predicted molar refractivity (Wildman–Crippen MR) is 92.7 cm³/mol. The topological polar surface area (TPSA) is 80.9 Å². The standard InChI is InChI=1S/C19H18N4O2/c24-19(14-5-3-6-14)21-16-7-2-1-4-15(16)12-17-22-18(23-25-17)13-8-10-20-11-9-13/h1-2,4,7-11,14H,3,5-6,12H2,(H,21,24). The Kier molecular flexibility index (Phi) is 4.24. The number of carbonyl (C=O) groups excluding carboxylic acids is 1.